The lowest BCUT2D eigenvalue weighted by molar-refractivity contribution is 0.102. The molecule has 92 valence electrons. The molecular formula is C13H11IN2O2. The second-order valence-electron chi connectivity index (χ2n) is 3.83. The smallest absolute Gasteiger partial charge is 0.255 e. The van der Waals surface area contributed by atoms with E-state index in [1.807, 2.05) is 24.3 Å². The third-order valence-corrected chi connectivity index (χ3v) is 3.19. The number of anilines is 1. The van der Waals surface area contributed by atoms with E-state index in [1.165, 1.54) is 10.6 Å². The first-order chi connectivity index (χ1) is 8.56. The Labute approximate surface area is 118 Å². The highest BCUT2D eigenvalue weighted by atomic mass is 127. The Morgan fingerprint density at radius 2 is 1.89 bits per heavy atom. The molecule has 0 aliphatic rings. The van der Waals surface area contributed by atoms with Crippen LogP contribution < -0.4 is 10.9 Å². The van der Waals surface area contributed by atoms with Crippen LogP contribution >= 0.6 is 22.6 Å². The van der Waals surface area contributed by atoms with Gasteiger partial charge in [-0.25, -0.2) is 0 Å². The number of aromatic nitrogens is 1. The van der Waals surface area contributed by atoms with E-state index in [0.717, 1.165) is 3.57 Å². The van der Waals surface area contributed by atoms with E-state index in [9.17, 15) is 9.59 Å². The largest absolute Gasteiger partial charge is 0.322 e. The van der Waals surface area contributed by atoms with Crippen molar-refractivity contribution in [1.29, 1.82) is 0 Å². The van der Waals surface area contributed by atoms with Gasteiger partial charge in [0.1, 0.15) is 0 Å². The summed E-state index contributed by atoms with van der Waals surface area (Å²) in [5.41, 5.74) is 0.864. The lowest BCUT2D eigenvalue weighted by Gasteiger charge is -2.05. The number of amides is 1. The average Bonchev–Trinajstić information content (AvgIpc) is 2.35. The first-order valence-corrected chi connectivity index (χ1v) is 6.38. The van der Waals surface area contributed by atoms with Crippen LogP contribution in [0.1, 0.15) is 10.4 Å². The Hall–Kier alpha value is -1.63. The fraction of sp³-hybridized carbons (Fsp3) is 0.0769. The number of pyridine rings is 1. The van der Waals surface area contributed by atoms with E-state index in [0.29, 0.717) is 11.3 Å². The number of nitrogens with zero attached hydrogens (tertiary/aromatic N) is 1. The predicted octanol–water partition coefficient (Wildman–Crippen LogP) is 2.24. The Kier molecular flexibility index (Phi) is 3.81. The van der Waals surface area contributed by atoms with E-state index >= 15 is 0 Å². The maximum absolute atomic E-state index is 11.9. The predicted molar refractivity (Wildman–Crippen MR) is 78.8 cm³/mol. The number of carbonyl (C=O) groups is 1. The van der Waals surface area contributed by atoms with Crippen molar-refractivity contribution >= 4 is 34.2 Å². The van der Waals surface area contributed by atoms with Gasteiger partial charge in [-0.1, -0.05) is 0 Å². The number of halogens is 1. The Balaban J connectivity index is 2.19. The van der Waals surface area contributed by atoms with Gasteiger partial charge in [0, 0.05) is 34.1 Å². The molecule has 2 rings (SSSR count). The molecule has 0 unspecified atom stereocenters. The molecule has 1 heterocycles. The number of carbonyl (C=O) groups excluding carboxylic acids is 1. The van der Waals surface area contributed by atoms with Crippen molar-refractivity contribution in [3.05, 3.63) is 62.1 Å². The molecule has 1 N–H and O–H groups in total. The summed E-state index contributed by atoms with van der Waals surface area (Å²) in [7, 11) is 1.64. The molecule has 0 saturated heterocycles. The fourth-order valence-electron chi connectivity index (χ4n) is 1.43. The van der Waals surface area contributed by atoms with Crippen molar-refractivity contribution in [2.75, 3.05) is 5.32 Å². The molecule has 18 heavy (non-hydrogen) atoms. The molecular weight excluding hydrogens is 343 g/mol. The van der Waals surface area contributed by atoms with Gasteiger partial charge in [0.25, 0.3) is 11.5 Å². The number of hydrogen-bond donors (Lipinski definition) is 1. The van der Waals surface area contributed by atoms with Crippen molar-refractivity contribution < 1.29 is 4.79 Å². The van der Waals surface area contributed by atoms with Crippen molar-refractivity contribution in [2.24, 2.45) is 7.05 Å². The monoisotopic (exact) mass is 354 g/mol. The van der Waals surface area contributed by atoms with E-state index in [4.69, 9.17) is 0 Å². The Morgan fingerprint density at radius 3 is 2.50 bits per heavy atom. The van der Waals surface area contributed by atoms with Crippen LogP contribution in [0.3, 0.4) is 0 Å². The van der Waals surface area contributed by atoms with E-state index in [2.05, 4.69) is 27.9 Å². The van der Waals surface area contributed by atoms with E-state index < -0.39 is 0 Å². The summed E-state index contributed by atoms with van der Waals surface area (Å²) >= 11 is 2.19. The summed E-state index contributed by atoms with van der Waals surface area (Å²) in [6.07, 6.45) is 1.57. The number of aryl methyl sites for hydroxylation is 1. The van der Waals surface area contributed by atoms with Gasteiger partial charge >= 0.3 is 0 Å². The molecule has 0 aliphatic heterocycles. The third kappa shape index (κ3) is 2.98. The molecule has 0 saturated carbocycles. The van der Waals surface area contributed by atoms with Gasteiger partial charge in [0.2, 0.25) is 0 Å². The number of nitrogens with one attached hydrogen (secondary N) is 1. The van der Waals surface area contributed by atoms with E-state index in [-0.39, 0.29) is 11.5 Å². The maximum atomic E-state index is 11.9. The van der Waals surface area contributed by atoms with Crippen LogP contribution in [0.25, 0.3) is 0 Å². The summed E-state index contributed by atoms with van der Waals surface area (Å²) in [5, 5.41) is 2.74. The third-order valence-electron chi connectivity index (χ3n) is 2.47. The van der Waals surface area contributed by atoms with Gasteiger partial charge in [-0.3, -0.25) is 9.59 Å². The van der Waals surface area contributed by atoms with Gasteiger partial charge in [-0.2, -0.15) is 0 Å². The van der Waals surface area contributed by atoms with Crippen LogP contribution in [0.5, 0.6) is 0 Å². The Bertz CT molecular complexity index is 632. The summed E-state index contributed by atoms with van der Waals surface area (Å²) in [5.74, 6) is -0.283. The quantitative estimate of drug-likeness (QED) is 0.841. The highest BCUT2D eigenvalue weighted by Gasteiger charge is 2.06. The molecule has 1 aromatic carbocycles. The molecule has 0 aliphatic carbocycles. The Morgan fingerprint density at radius 1 is 1.22 bits per heavy atom. The van der Waals surface area contributed by atoms with Crippen molar-refractivity contribution in [3.63, 3.8) is 0 Å². The molecule has 2 aromatic rings. The van der Waals surface area contributed by atoms with Gasteiger partial charge in [0.15, 0.2) is 0 Å². The molecule has 0 bridgehead atoms. The van der Waals surface area contributed by atoms with E-state index in [1.54, 1.807) is 19.3 Å². The topological polar surface area (TPSA) is 51.1 Å². The van der Waals surface area contributed by atoms with Gasteiger partial charge < -0.3 is 9.88 Å². The molecule has 0 radical (unpaired) electrons. The first kappa shape index (κ1) is 12.8. The zero-order chi connectivity index (χ0) is 13.1. The second kappa shape index (κ2) is 5.34. The van der Waals surface area contributed by atoms with Crippen molar-refractivity contribution in [1.82, 2.24) is 4.57 Å². The molecule has 4 nitrogen and oxygen atoms in total. The molecule has 0 atom stereocenters. The molecule has 1 amide bonds. The van der Waals surface area contributed by atoms with Gasteiger partial charge in [0.05, 0.1) is 0 Å². The van der Waals surface area contributed by atoms with Gasteiger partial charge in [-0.05, 0) is 52.9 Å². The number of rotatable bonds is 2. The number of hydrogen-bond acceptors (Lipinski definition) is 2. The normalized spacial score (nSPS) is 10.1. The fourth-order valence-corrected chi connectivity index (χ4v) is 1.79. The van der Waals surface area contributed by atoms with Crippen LogP contribution in [0.15, 0.2) is 47.4 Å². The van der Waals surface area contributed by atoms with Gasteiger partial charge in [-0.15, -0.1) is 0 Å². The molecule has 0 fully saturated rings. The molecule has 1 aromatic heterocycles. The highest BCUT2D eigenvalue weighted by Crippen LogP contribution is 2.12. The average molecular weight is 354 g/mol. The minimum atomic E-state index is -0.283. The summed E-state index contributed by atoms with van der Waals surface area (Å²) in [6.45, 7) is 0. The van der Waals surface area contributed by atoms with Crippen LogP contribution in [-0.4, -0.2) is 10.5 Å². The summed E-state index contributed by atoms with van der Waals surface area (Å²) in [6, 6.07) is 10.4. The van der Waals surface area contributed by atoms with Crippen LogP contribution in [0.4, 0.5) is 5.69 Å². The minimum absolute atomic E-state index is 0.203. The maximum Gasteiger partial charge on any atom is 0.255 e. The van der Waals surface area contributed by atoms with Crippen LogP contribution in [0.2, 0.25) is 0 Å². The van der Waals surface area contributed by atoms with Crippen LogP contribution in [-0.2, 0) is 7.05 Å². The molecule has 0 spiro atoms. The zero-order valence-corrected chi connectivity index (χ0v) is 11.8. The summed E-state index contributed by atoms with van der Waals surface area (Å²) < 4.78 is 2.51. The van der Waals surface area contributed by atoms with Crippen molar-refractivity contribution in [2.45, 2.75) is 0 Å². The number of benzene rings is 1. The lowest BCUT2D eigenvalue weighted by Crippen LogP contribution is -2.19. The minimum Gasteiger partial charge on any atom is -0.322 e. The standard InChI is InChI=1S/C13H11IN2O2/c1-16-7-6-9(8-12(16)17)13(18)15-11-4-2-10(14)3-5-11/h2-8H,1H3,(H,15,18). The highest BCUT2D eigenvalue weighted by molar-refractivity contribution is 14.1. The first-order valence-electron chi connectivity index (χ1n) is 5.30. The van der Waals surface area contributed by atoms with Crippen molar-refractivity contribution in [3.8, 4) is 0 Å². The SMILES string of the molecule is Cn1ccc(C(=O)Nc2ccc(I)cc2)cc1=O. The van der Waals surface area contributed by atoms with Crippen LogP contribution in [0, 0.1) is 3.57 Å². The zero-order valence-electron chi connectivity index (χ0n) is 9.68. The lowest BCUT2D eigenvalue weighted by atomic mass is 10.2. The summed E-state index contributed by atoms with van der Waals surface area (Å²) in [4.78, 5) is 23.3. The molecule has 5 heteroatoms. The second-order valence-corrected chi connectivity index (χ2v) is 5.07.